The van der Waals surface area contributed by atoms with Gasteiger partial charge in [-0.2, -0.15) is 0 Å². The van der Waals surface area contributed by atoms with E-state index in [2.05, 4.69) is 5.32 Å². The first-order valence-corrected chi connectivity index (χ1v) is 11.7. The van der Waals surface area contributed by atoms with Gasteiger partial charge < -0.3 is 19.9 Å². The Morgan fingerprint density at radius 1 is 1.10 bits per heavy atom. The van der Waals surface area contributed by atoms with Crippen molar-refractivity contribution in [2.24, 2.45) is 5.92 Å². The molecule has 0 radical (unpaired) electrons. The van der Waals surface area contributed by atoms with Crippen molar-refractivity contribution in [3.63, 3.8) is 0 Å². The molecular formula is C24H33N3O4. The van der Waals surface area contributed by atoms with Crippen LogP contribution < -0.4 is 15.0 Å². The summed E-state index contributed by atoms with van der Waals surface area (Å²) in [6, 6.07) is 7.71. The summed E-state index contributed by atoms with van der Waals surface area (Å²) in [6.45, 7) is 3.20. The second-order valence-corrected chi connectivity index (χ2v) is 8.99. The van der Waals surface area contributed by atoms with Gasteiger partial charge in [0.05, 0.1) is 11.6 Å². The van der Waals surface area contributed by atoms with Gasteiger partial charge in [0.25, 0.3) is 5.91 Å². The highest BCUT2D eigenvalue weighted by atomic mass is 16.5. The Hall–Kier alpha value is -2.57. The fraction of sp³-hybridized carbons (Fsp3) is 0.625. The normalized spacial score (nSPS) is 24.4. The van der Waals surface area contributed by atoms with E-state index in [1.807, 2.05) is 24.3 Å². The van der Waals surface area contributed by atoms with Crippen LogP contribution in [0.1, 0.15) is 58.3 Å². The van der Waals surface area contributed by atoms with E-state index in [4.69, 9.17) is 4.74 Å². The molecule has 7 nitrogen and oxygen atoms in total. The highest BCUT2D eigenvalue weighted by Crippen LogP contribution is 2.33. The highest BCUT2D eigenvalue weighted by Gasteiger charge is 2.33. The number of anilines is 1. The minimum atomic E-state index is -0.562. The van der Waals surface area contributed by atoms with Crippen LogP contribution in [0.15, 0.2) is 24.3 Å². The van der Waals surface area contributed by atoms with Crippen LogP contribution in [0.3, 0.4) is 0 Å². The van der Waals surface area contributed by atoms with E-state index in [1.54, 1.807) is 16.7 Å². The van der Waals surface area contributed by atoms with Crippen LogP contribution in [-0.4, -0.2) is 54.4 Å². The number of nitrogens with one attached hydrogen (secondary N) is 1. The molecule has 0 aromatic heterocycles. The highest BCUT2D eigenvalue weighted by molar-refractivity contribution is 6.00. The Balaban J connectivity index is 1.32. The van der Waals surface area contributed by atoms with Gasteiger partial charge >= 0.3 is 0 Å². The maximum Gasteiger partial charge on any atom is 0.267 e. The largest absolute Gasteiger partial charge is 0.479 e. The molecule has 1 aromatic carbocycles. The third kappa shape index (κ3) is 5.02. The number of hydrogen-bond acceptors (Lipinski definition) is 4. The Bertz CT molecular complexity index is 821. The van der Waals surface area contributed by atoms with Crippen molar-refractivity contribution in [2.75, 3.05) is 24.5 Å². The van der Waals surface area contributed by atoms with Crippen LogP contribution in [0.5, 0.6) is 5.75 Å². The van der Waals surface area contributed by atoms with Crippen LogP contribution in [0.25, 0.3) is 0 Å². The predicted molar refractivity (Wildman–Crippen MR) is 118 cm³/mol. The summed E-state index contributed by atoms with van der Waals surface area (Å²) in [5.74, 6) is 0.495. The fourth-order valence-corrected chi connectivity index (χ4v) is 4.94. The average Bonchev–Trinajstić information content (AvgIpc) is 2.80. The Morgan fingerprint density at radius 2 is 1.87 bits per heavy atom. The molecule has 2 aliphatic heterocycles. The van der Waals surface area contributed by atoms with Gasteiger partial charge in [0.1, 0.15) is 5.75 Å². The van der Waals surface area contributed by atoms with Crippen LogP contribution in [0.2, 0.25) is 0 Å². The number of benzene rings is 1. The number of nitrogens with zero attached hydrogens (tertiary/aromatic N) is 2. The molecule has 1 saturated carbocycles. The van der Waals surface area contributed by atoms with Crippen molar-refractivity contribution in [3.8, 4) is 5.75 Å². The standard InChI is InChI=1S/C24H33N3O4/c1-17-24(30)27(20-11-5-6-12-21(20)31-17)15-13-22(28)26-14-7-8-18(16-26)23(29)25-19-9-3-2-4-10-19/h5-6,11-12,17-19H,2-4,7-10,13-16H2,1H3,(H,25,29). The maximum atomic E-state index is 12.9. The monoisotopic (exact) mass is 427 g/mol. The van der Waals surface area contributed by atoms with Crippen LogP contribution >= 0.6 is 0 Å². The molecule has 7 heteroatoms. The van der Waals surface area contributed by atoms with Crippen molar-refractivity contribution in [1.82, 2.24) is 10.2 Å². The van der Waals surface area contributed by atoms with E-state index < -0.39 is 6.10 Å². The Labute approximate surface area is 184 Å². The first kappa shape index (κ1) is 21.7. The lowest BCUT2D eigenvalue weighted by Crippen LogP contribution is -2.49. The first-order valence-electron chi connectivity index (χ1n) is 11.7. The number of piperidine rings is 1. The molecule has 1 aliphatic carbocycles. The smallest absolute Gasteiger partial charge is 0.267 e. The number of para-hydroxylation sites is 2. The summed E-state index contributed by atoms with van der Waals surface area (Å²) >= 11 is 0. The lowest BCUT2D eigenvalue weighted by atomic mass is 9.93. The van der Waals surface area contributed by atoms with Crippen molar-refractivity contribution in [3.05, 3.63) is 24.3 Å². The average molecular weight is 428 g/mol. The van der Waals surface area contributed by atoms with Gasteiger partial charge in [-0.25, -0.2) is 0 Å². The molecule has 1 saturated heterocycles. The number of hydrogen-bond donors (Lipinski definition) is 1. The molecule has 1 N–H and O–H groups in total. The van der Waals surface area contributed by atoms with Gasteiger partial charge in [-0.05, 0) is 44.7 Å². The molecule has 4 rings (SSSR count). The summed E-state index contributed by atoms with van der Waals surface area (Å²) in [5.41, 5.74) is 0.710. The molecule has 1 aromatic rings. The van der Waals surface area contributed by atoms with E-state index in [1.165, 1.54) is 19.3 Å². The molecule has 2 unspecified atom stereocenters. The summed E-state index contributed by atoms with van der Waals surface area (Å²) in [7, 11) is 0. The van der Waals surface area contributed by atoms with E-state index in [0.717, 1.165) is 25.7 Å². The zero-order valence-electron chi connectivity index (χ0n) is 18.3. The summed E-state index contributed by atoms with van der Waals surface area (Å²) < 4.78 is 5.67. The first-order chi connectivity index (χ1) is 15.0. The van der Waals surface area contributed by atoms with Gasteiger partial charge in [0.15, 0.2) is 6.10 Å². The molecule has 3 amide bonds. The van der Waals surface area contributed by atoms with Gasteiger partial charge in [0.2, 0.25) is 11.8 Å². The van der Waals surface area contributed by atoms with Crippen LogP contribution in [0, 0.1) is 5.92 Å². The Kier molecular flexibility index (Phi) is 6.78. The van der Waals surface area contributed by atoms with Crippen LogP contribution in [0.4, 0.5) is 5.69 Å². The molecule has 168 valence electrons. The van der Waals surface area contributed by atoms with Gasteiger partial charge in [-0.1, -0.05) is 31.4 Å². The third-order valence-electron chi connectivity index (χ3n) is 6.72. The molecule has 2 fully saturated rings. The Morgan fingerprint density at radius 3 is 2.68 bits per heavy atom. The van der Waals surface area contributed by atoms with E-state index in [-0.39, 0.29) is 30.1 Å². The summed E-state index contributed by atoms with van der Waals surface area (Å²) in [4.78, 5) is 41.7. The lowest BCUT2D eigenvalue weighted by molar-refractivity contribution is -0.135. The van der Waals surface area contributed by atoms with Crippen molar-refractivity contribution < 1.29 is 19.1 Å². The molecule has 2 heterocycles. The van der Waals surface area contributed by atoms with E-state index in [9.17, 15) is 14.4 Å². The molecule has 0 bridgehead atoms. The van der Waals surface area contributed by atoms with Crippen LogP contribution in [-0.2, 0) is 14.4 Å². The molecule has 3 aliphatic rings. The number of rotatable bonds is 5. The molecule has 31 heavy (non-hydrogen) atoms. The number of likely N-dealkylation sites (tertiary alicyclic amines) is 1. The van der Waals surface area contributed by atoms with Gasteiger partial charge in [-0.15, -0.1) is 0 Å². The lowest BCUT2D eigenvalue weighted by Gasteiger charge is -2.35. The SMILES string of the molecule is CC1Oc2ccccc2N(CCC(=O)N2CCCC(C(=O)NC3CCCCC3)C2)C1=O. The minimum absolute atomic E-state index is 0.000377. The topological polar surface area (TPSA) is 79.0 Å². The quantitative estimate of drug-likeness (QED) is 0.784. The summed E-state index contributed by atoms with van der Waals surface area (Å²) in [6.07, 6.45) is 7.09. The number of carbonyl (C=O) groups is 3. The number of ether oxygens (including phenoxy) is 1. The van der Waals surface area contributed by atoms with Crippen molar-refractivity contribution in [2.45, 2.75) is 70.4 Å². The maximum absolute atomic E-state index is 12.9. The van der Waals surface area contributed by atoms with E-state index in [0.29, 0.717) is 37.1 Å². The van der Waals surface area contributed by atoms with Crippen molar-refractivity contribution in [1.29, 1.82) is 0 Å². The predicted octanol–water partition coefficient (Wildman–Crippen LogP) is 2.88. The third-order valence-corrected chi connectivity index (χ3v) is 6.72. The minimum Gasteiger partial charge on any atom is -0.479 e. The zero-order chi connectivity index (χ0) is 21.8. The van der Waals surface area contributed by atoms with Gasteiger partial charge in [0, 0.05) is 32.1 Å². The number of carbonyl (C=O) groups excluding carboxylic acids is 3. The fourth-order valence-electron chi connectivity index (χ4n) is 4.94. The molecular weight excluding hydrogens is 394 g/mol. The van der Waals surface area contributed by atoms with Crippen molar-refractivity contribution >= 4 is 23.4 Å². The molecule has 0 spiro atoms. The summed E-state index contributed by atoms with van der Waals surface area (Å²) in [5, 5.41) is 3.21. The van der Waals surface area contributed by atoms with Gasteiger partial charge in [-0.3, -0.25) is 14.4 Å². The van der Waals surface area contributed by atoms with E-state index >= 15 is 0 Å². The zero-order valence-corrected chi connectivity index (χ0v) is 18.3. The number of amides is 3. The second kappa shape index (κ2) is 9.71. The second-order valence-electron chi connectivity index (χ2n) is 8.99. The number of fused-ring (bicyclic) bond motifs is 1. The molecule has 2 atom stereocenters.